The maximum absolute atomic E-state index is 10.0. The Morgan fingerprint density at radius 2 is 2.30 bits per heavy atom. The fraction of sp³-hybridized carbons (Fsp3) is 0.857. The van der Waals surface area contributed by atoms with Gasteiger partial charge in [-0.1, -0.05) is 6.42 Å². The van der Waals surface area contributed by atoms with Crippen LogP contribution in [0.4, 0.5) is 0 Å². The van der Waals surface area contributed by atoms with Gasteiger partial charge in [-0.25, -0.2) is 0 Å². The molecule has 0 amide bonds. The van der Waals surface area contributed by atoms with E-state index < -0.39 is 5.97 Å². The molecule has 0 spiro atoms. The van der Waals surface area contributed by atoms with Crippen LogP contribution in [0.15, 0.2) is 0 Å². The number of hydrogen-bond acceptors (Lipinski definition) is 2. The molecule has 3 heteroatoms. The fourth-order valence-corrected chi connectivity index (χ4v) is 0.996. The second kappa shape index (κ2) is 3.56. The standard InChI is InChI=1S/C7H13NO2/c9-7(10)4-5-8-6-2-1-3-6/h6,8H,1-5H2,(H,9,10). The SMILES string of the molecule is O=C(O)CCNC1CCC1. The summed E-state index contributed by atoms with van der Waals surface area (Å²) in [4.78, 5) is 10.0. The number of rotatable bonds is 4. The number of carbonyl (C=O) groups is 1. The molecule has 1 aliphatic carbocycles. The minimum absolute atomic E-state index is 0.247. The number of nitrogens with one attached hydrogen (secondary N) is 1. The first-order chi connectivity index (χ1) is 4.79. The summed E-state index contributed by atoms with van der Waals surface area (Å²) in [6.45, 7) is 0.625. The van der Waals surface area contributed by atoms with E-state index in [4.69, 9.17) is 5.11 Å². The smallest absolute Gasteiger partial charge is 0.304 e. The van der Waals surface area contributed by atoms with Gasteiger partial charge in [-0.05, 0) is 12.8 Å². The first-order valence-electron chi connectivity index (χ1n) is 3.74. The van der Waals surface area contributed by atoms with Gasteiger partial charge in [0.2, 0.25) is 0 Å². The number of hydrogen-bond donors (Lipinski definition) is 2. The zero-order valence-electron chi connectivity index (χ0n) is 5.97. The average Bonchev–Trinajstić information content (AvgIpc) is 1.75. The van der Waals surface area contributed by atoms with Crippen molar-refractivity contribution in [3.8, 4) is 0 Å². The van der Waals surface area contributed by atoms with Gasteiger partial charge in [0, 0.05) is 12.6 Å². The van der Waals surface area contributed by atoms with Crippen molar-refractivity contribution in [2.45, 2.75) is 31.7 Å². The highest BCUT2D eigenvalue weighted by Crippen LogP contribution is 2.17. The normalized spacial score (nSPS) is 18.4. The lowest BCUT2D eigenvalue weighted by atomic mass is 9.93. The van der Waals surface area contributed by atoms with Crippen molar-refractivity contribution in [3.05, 3.63) is 0 Å². The molecule has 3 nitrogen and oxygen atoms in total. The van der Waals surface area contributed by atoms with Gasteiger partial charge in [0.05, 0.1) is 6.42 Å². The van der Waals surface area contributed by atoms with E-state index in [0.717, 1.165) is 0 Å². The van der Waals surface area contributed by atoms with Crippen LogP contribution in [0.25, 0.3) is 0 Å². The Hall–Kier alpha value is -0.570. The molecule has 0 saturated heterocycles. The lowest BCUT2D eigenvalue weighted by Gasteiger charge is -2.26. The quantitative estimate of drug-likeness (QED) is 0.606. The van der Waals surface area contributed by atoms with Crippen LogP contribution in [0.1, 0.15) is 25.7 Å². The number of aliphatic carboxylic acids is 1. The Balaban J connectivity index is 1.89. The Kier molecular flexibility index (Phi) is 2.68. The lowest BCUT2D eigenvalue weighted by molar-refractivity contribution is -0.136. The molecule has 0 unspecified atom stereocenters. The van der Waals surface area contributed by atoms with Crippen LogP contribution >= 0.6 is 0 Å². The molecule has 1 aliphatic rings. The van der Waals surface area contributed by atoms with Crippen LogP contribution in [0, 0.1) is 0 Å². The molecular weight excluding hydrogens is 130 g/mol. The van der Waals surface area contributed by atoms with Crippen LogP contribution in [0.2, 0.25) is 0 Å². The maximum atomic E-state index is 10.0. The van der Waals surface area contributed by atoms with E-state index in [1.165, 1.54) is 19.3 Å². The van der Waals surface area contributed by atoms with Crippen LogP contribution < -0.4 is 5.32 Å². The Morgan fingerprint density at radius 3 is 2.70 bits per heavy atom. The zero-order valence-corrected chi connectivity index (χ0v) is 5.97. The summed E-state index contributed by atoms with van der Waals surface area (Å²) >= 11 is 0. The maximum Gasteiger partial charge on any atom is 0.304 e. The Morgan fingerprint density at radius 1 is 1.60 bits per heavy atom. The van der Waals surface area contributed by atoms with Crippen LogP contribution in [0.3, 0.4) is 0 Å². The van der Waals surface area contributed by atoms with E-state index in [1.807, 2.05) is 0 Å². The first kappa shape index (κ1) is 7.54. The molecule has 2 N–H and O–H groups in total. The van der Waals surface area contributed by atoms with Crippen molar-refractivity contribution in [2.24, 2.45) is 0 Å². The van der Waals surface area contributed by atoms with E-state index in [2.05, 4.69) is 5.32 Å². The highest BCUT2D eigenvalue weighted by Gasteiger charge is 2.15. The molecule has 1 fully saturated rings. The predicted molar refractivity (Wildman–Crippen MR) is 37.9 cm³/mol. The molecule has 0 radical (unpaired) electrons. The van der Waals surface area contributed by atoms with Crippen LogP contribution in [-0.4, -0.2) is 23.7 Å². The Labute approximate surface area is 60.4 Å². The zero-order chi connectivity index (χ0) is 7.40. The molecule has 0 atom stereocenters. The minimum Gasteiger partial charge on any atom is -0.481 e. The third-order valence-electron chi connectivity index (χ3n) is 1.88. The minimum atomic E-state index is -0.716. The summed E-state index contributed by atoms with van der Waals surface area (Å²) in [6.07, 6.45) is 3.99. The molecule has 1 saturated carbocycles. The van der Waals surface area contributed by atoms with Gasteiger partial charge in [0.15, 0.2) is 0 Å². The summed E-state index contributed by atoms with van der Waals surface area (Å²) in [5.41, 5.74) is 0. The van der Waals surface area contributed by atoms with E-state index >= 15 is 0 Å². The number of carboxylic acids is 1. The summed E-state index contributed by atoms with van der Waals surface area (Å²) < 4.78 is 0. The Bertz CT molecular complexity index is 121. The van der Waals surface area contributed by atoms with Gasteiger partial charge in [0.25, 0.3) is 0 Å². The molecule has 0 aromatic heterocycles. The molecule has 0 aromatic rings. The molecule has 0 heterocycles. The van der Waals surface area contributed by atoms with Crippen molar-refractivity contribution in [3.63, 3.8) is 0 Å². The van der Waals surface area contributed by atoms with E-state index in [1.54, 1.807) is 0 Å². The molecule has 1 rings (SSSR count). The van der Waals surface area contributed by atoms with Crippen molar-refractivity contribution >= 4 is 5.97 Å². The third-order valence-corrected chi connectivity index (χ3v) is 1.88. The monoisotopic (exact) mass is 143 g/mol. The summed E-state index contributed by atoms with van der Waals surface area (Å²) in [5, 5.41) is 11.4. The molecule has 58 valence electrons. The van der Waals surface area contributed by atoms with Crippen molar-refractivity contribution < 1.29 is 9.90 Å². The van der Waals surface area contributed by atoms with Gasteiger partial charge < -0.3 is 10.4 Å². The molecule has 0 aliphatic heterocycles. The van der Waals surface area contributed by atoms with Gasteiger partial charge in [-0.15, -0.1) is 0 Å². The van der Waals surface area contributed by atoms with E-state index in [0.29, 0.717) is 12.6 Å². The topological polar surface area (TPSA) is 49.3 Å². The van der Waals surface area contributed by atoms with E-state index in [9.17, 15) is 4.79 Å². The van der Waals surface area contributed by atoms with Crippen molar-refractivity contribution in [1.82, 2.24) is 5.32 Å². The van der Waals surface area contributed by atoms with E-state index in [-0.39, 0.29) is 6.42 Å². The van der Waals surface area contributed by atoms with Crippen molar-refractivity contribution in [2.75, 3.05) is 6.54 Å². The highest BCUT2D eigenvalue weighted by molar-refractivity contribution is 5.66. The molecular formula is C7H13NO2. The van der Waals surface area contributed by atoms with Gasteiger partial charge in [-0.2, -0.15) is 0 Å². The largest absolute Gasteiger partial charge is 0.481 e. The second-order valence-corrected chi connectivity index (χ2v) is 2.73. The van der Waals surface area contributed by atoms with Crippen LogP contribution in [0.5, 0.6) is 0 Å². The molecule has 0 aromatic carbocycles. The highest BCUT2D eigenvalue weighted by atomic mass is 16.4. The number of carboxylic acid groups (broad SMARTS) is 1. The van der Waals surface area contributed by atoms with Gasteiger partial charge in [0.1, 0.15) is 0 Å². The van der Waals surface area contributed by atoms with Crippen LogP contribution in [-0.2, 0) is 4.79 Å². The van der Waals surface area contributed by atoms with Gasteiger partial charge >= 0.3 is 5.97 Å². The van der Waals surface area contributed by atoms with Crippen molar-refractivity contribution in [1.29, 1.82) is 0 Å². The fourth-order valence-electron chi connectivity index (χ4n) is 0.996. The van der Waals surface area contributed by atoms with Gasteiger partial charge in [-0.3, -0.25) is 4.79 Å². The predicted octanol–water partition coefficient (Wildman–Crippen LogP) is 0.603. The summed E-state index contributed by atoms with van der Waals surface area (Å²) in [6, 6.07) is 0.611. The molecule has 0 bridgehead atoms. The molecule has 10 heavy (non-hydrogen) atoms. The first-order valence-corrected chi connectivity index (χ1v) is 3.74. The second-order valence-electron chi connectivity index (χ2n) is 2.73. The summed E-state index contributed by atoms with van der Waals surface area (Å²) in [7, 11) is 0. The average molecular weight is 143 g/mol. The third kappa shape index (κ3) is 2.35. The lowest BCUT2D eigenvalue weighted by Crippen LogP contribution is -2.36. The summed E-state index contributed by atoms with van der Waals surface area (Å²) in [5.74, 6) is -0.716.